The molecule has 0 amide bonds. The molecule has 0 aliphatic heterocycles. The predicted molar refractivity (Wildman–Crippen MR) is 81.6 cm³/mol. The number of rotatable bonds is 9. The second-order valence-electron chi connectivity index (χ2n) is 4.25. The van der Waals surface area contributed by atoms with Crippen molar-refractivity contribution in [3.63, 3.8) is 0 Å². The van der Waals surface area contributed by atoms with Crippen LogP contribution >= 0.6 is 11.8 Å². The Morgan fingerprint density at radius 1 is 1.22 bits per heavy atom. The van der Waals surface area contributed by atoms with Crippen LogP contribution < -0.4 is 10.1 Å². The average Bonchev–Trinajstić information content (AvgIpc) is 2.39. The van der Waals surface area contributed by atoms with Crippen LogP contribution in [-0.2, 0) is 0 Å². The van der Waals surface area contributed by atoms with Crippen molar-refractivity contribution in [2.75, 3.05) is 24.7 Å². The number of hydrogen-bond donors (Lipinski definition) is 1. The molecule has 0 fully saturated rings. The first-order valence-electron chi connectivity index (χ1n) is 6.81. The molecule has 1 aromatic rings. The van der Waals surface area contributed by atoms with Gasteiger partial charge >= 0.3 is 0 Å². The monoisotopic (exact) mass is 267 g/mol. The Kier molecular flexibility index (Phi) is 7.94. The molecule has 0 heterocycles. The van der Waals surface area contributed by atoms with Crippen molar-refractivity contribution in [1.82, 2.24) is 5.32 Å². The van der Waals surface area contributed by atoms with Crippen LogP contribution in [0.4, 0.5) is 0 Å². The molecular formula is C15H25NOS. The Bertz CT molecular complexity index is 313. The van der Waals surface area contributed by atoms with E-state index in [2.05, 4.69) is 50.4 Å². The molecule has 0 aromatic heterocycles. The fourth-order valence-corrected chi connectivity index (χ4v) is 2.38. The summed E-state index contributed by atoms with van der Waals surface area (Å²) in [5.41, 5.74) is 1.31. The summed E-state index contributed by atoms with van der Waals surface area (Å²) in [6.07, 6.45) is 1.12. The second kappa shape index (κ2) is 9.29. The van der Waals surface area contributed by atoms with Crippen molar-refractivity contribution < 1.29 is 4.74 Å². The minimum Gasteiger partial charge on any atom is -0.494 e. The van der Waals surface area contributed by atoms with E-state index in [4.69, 9.17) is 4.74 Å². The van der Waals surface area contributed by atoms with Crippen molar-refractivity contribution in [3.8, 4) is 5.75 Å². The van der Waals surface area contributed by atoms with Crippen LogP contribution in [0.5, 0.6) is 5.75 Å². The zero-order valence-corrected chi connectivity index (χ0v) is 12.6. The molecule has 18 heavy (non-hydrogen) atoms. The maximum atomic E-state index is 5.71. The van der Waals surface area contributed by atoms with Crippen LogP contribution in [0.3, 0.4) is 0 Å². The van der Waals surface area contributed by atoms with Gasteiger partial charge in [0.15, 0.2) is 0 Å². The zero-order chi connectivity index (χ0) is 13.2. The Balaban J connectivity index is 2.31. The van der Waals surface area contributed by atoms with Crippen LogP contribution in [0.25, 0.3) is 0 Å². The molecule has 0 radical (unpaired) electrons. The van der Waals surface area contributed by atoms with Crippen LogP contribution in [0.2, 0.25) is 0 Å². The van der Waals surface area contributed by atoms with Gasteiger partial charge in [0.05, 0.1) is 6.61 Å². The topological polar surface area (TPSA) is 21.3 Å². The highest BCUT2D eigenvalue weighted by Gasteiger charge is 2.03. The molecule has 1 unspecified atom stereocenters. The lowest BCUT2D eigenvalue weighted by Crippen LogP contribution is -2.17. The van der Waals surface area contributed by atoms with Gasteiger partial charge in [0.2, 0.25) is 0 Å². The quantitative estimate of drug-likeness (QED) is 0.686. The fourth-order valence-electron chi connectivity index (χ4n) is 1.77. The van der Waals surface area contributed by atoms with Gasteiger partial charge in [-0.3, -0.25) is 0 Å². The average molecular weight is 267 g/mol. The number of nitrogens with one attached hydrogen (secondary N) is 1. The van der Waals surface area contributed by atoms with Gasteiger partial charge in [-0.05, 0) is 49.1 Å². The van der Waals surface area contributed by atoms with Crippen molar-refractivity contribution in [1.29, 1.82) is 0 Å². The standard InChI is InChI=1S/C15H25NOS/c1-4-16-13(3)14-7-9-15(10-8-14)17-11-6-12-18-5-2/h7-10,13,16H,4-6,11-12H2,1-3H3. The van der Waals surface area contributed by atoms with Gasteiger partial charge in [-0.1, -0.05) is 26.0 Å². The molecule has 3 heteroatoms. The van der Waals surface area contributed by atoms with Gasteiger partial charge in [-0.15, -0.1) is 0 Å². The maximum absolute atomic E-state index is 5.71. The molecule has 102 valence electrons. The van der Waals surface area contributed by atoms with Crippen LogP contribution in [0.15, 0.2) is 24.3 Å². The van der Waals surface area contributed by atoms with E-state index in [-0.39, 0.29) is 0 Å². The molecule has 0 aliphatic carbocycles. The molecule has 0 spiro atoms. The molecule has 2 nitrogen and oxygen atoms in total. The summed E-state index contributed by atoms with van der Waals surface area (Å²) < 4.78 is 5.71. The normalized spacial score (nSPS) is 12.4. The molecule has 1 atom stereocenters. The highest BCUT2D eigenvalue weighted by molar-refractivity contribution is 7.99. The van der Waals surface area contributed by atoms with Crippen LogP contribution in [0, 0.1) is 0 Å². The summed E-state index contributed by atoms with van der Waals surface area (Å²) in [7, 11) is 0. The number of benzene rings is 1. The number of hydrogen-bond acceptors (Lipinski definition) is 3. The Morgan fingerprint density at radius 3 is 2.56 bits per heavy atom. The fraction of sp³-hybridized carbons (Fsp3) is 0.600. The molecule has 1 N–H and O–H groups in total. The smallest absolute Gasteiger partial charge is 0.119 e. The number of thioether (sulfide) groups is 1. The van der Waals surface area contributed by atoms with Crippen molar-refractivity contribution in [2.24, 2.45) is 0 Å². The first-order chi connectivity index (χ1) is 8.77. The van der Waals surface area contributed by atoms with Gasteiger partial charge in [0.1, 0.15) is 5.75 Å². The molecular weight excluding hydrogens is 242 g/mol. The van der Waals surface area contributed by atoms with E-state index >= 15 is 0 Å². The largest absolute Gasteiger partial charge is 0.494 e. The van der Waals surface area contributed by atoms with Gasteiger partial charge in [0.25, 0.3) is 0 Å². The summed E-state index contributed by atoms with van der Waals surface area (Å²) in [5, 5.41) is 3.40. The molecule has 0 saturated carbocycles. The van der Waals surface area contributed by atoms with Gasteiger partial charge in [-0.2, -0.15) is 11.8 Å². The number of ether oxygens (including phenoxy) is 1. The SMILES string of the molecule is CCNC(C)c1ccc(OCCCSCC)cc1. The summed E-state index contributed by atoms with van der Waals surface area (Å²) in [5.74, 6) is 3.35. The van der Waals surface area contributed by atoms with Gasteiger partial charge in [0, 0.05) is 6.04 Å². The predicted octanol–water partition coefficient (Wildman–Crippen LogP) is 3.88. The third-order valence-electron chi connectivity index (χ3n) is 2.80. The molecule has 0 bridgehead atoms. The van der Waals surface area contributed by atoms with Crippen molar-refractivity contribution in [2.45, 2.75) is 33.2 Å². The van der Waals surface area contributed by atoms with E-state index in [9.17, 15) is 0 Å². The van der Waals surface area contributed by atoms with E-state index in [0.717, 1.165) is 25.3 Å². The summed E-state index contributed by atoms with van der Waals surface area (Å²) >= 11 is 1.97. The zero-order valence-electron chi connectivity index (χ0n) is 11.7. The minimum atomic E-state index is 0.407. The third-order valence-corrected chi connectivity index (χ3v) is 3.78. The maximum Gasteiger partial charge on any atom is 0.119 e. The van der Waals surface area contributed by atoms with E-state index < -0.39 is 0 Å². The summed E-state index contributed by atoms with van der Waals surface area (Å²) in [4.78, 5) is 0. The molecule has 1 aromatic carbocycles. The Hall–Kier alpha value is -0.670. The molecule has 0 saturated heterocycles. The lowest BCUT2D eigenvalue weighted by Gasteiger charge is -2.13. The first kappa shape index (κ1) is 15.4. The van der Waals surface area contributed by atoms with E-state index in [0.29, 0.717) is 6.04 Å². The Morgan fingerprint density at radius 2 is 1.94 bits per heavy atom. The van der Waals surface area contributed by atoms with E-state index in [1.165, 1.54) is 17.1 Å². The Labute approximate surface area is 116 Å². The van der Waals surface area contributed by atoms with Crippen molar-refractivity contribution in [3.05, 3.63) is 29.8 Å². The molecule has 0 aliphatic rings. The van der Waals surface area contributed by atoms with Gasteiger partial charge in [-0.25, -0.2) is 0 Å². The lowest BCUT2D eigenvalue weighted by molar-refractivity contribution is 0.318. The van der Waals surface area contributed by atoms with Crippen LogP contribution in [0.1, 0.15) is 38.8 Å². The molecule has 1 rings (SSSR count). The van der Waals surface area contributed by atoms with Crippen molar-refractivity contribution >= 4 is 11.8 Å². The third kappa shape index (κ3) is 5.78. The summed E-state index contributed by atoms with van der Waals surface area (Å²) in [6.45, 7) is 8.31. The highest BCUT2D eigenvalue weighted by Crippen LogP contribution is 2.17. The van der Waals surface area contributed by atoms with E-state index in [1.54, 1.807) is 0 Å². The highest BCUT2D eigenvalue weighted by atomic mass is 32.2. The minimum absolute atomic E-state index is 0.407. The van der Waals surface area contributed by atoms with E-state index in [1.807, 2.05) is 11.8 Å². The second-order valence-corrected chi connectivity index (χ2v) is 5.64. The van der Waals surface area contributed by atoms with Gasteiger partial charge < -0.3 is 10.1 Å². The lowest BCUT2D eigenvalue weighted by atomic mass is 10.1. The first-order valence-corrected chi connectivity index (χ1v) is 7.97. The van der Waals surface area contributed by atoms with Crippen LogP contribution in [-0.4, -0.2) is 24.7 Å². The summed E-state index contributed by atoms with van der Waals surface area (Å²) in [6, 6.07) is 8.82.